The van der Waals surface area contributed by atoms with Crippen LogP contribution in [0.5, 0.6) is 0 Å². The van der Waals surface area contributed by atoms with Crippen molar-refractivity contribution in [3.8, 4) is 0 Å². The van der Waals surface area contributed by atoms with Crippen LogP contribution in [0.3, 0.4) is 0 Å². The number of rotatable bonds is 27. The minimum atomic E-state index is -1.64. The third-order valence-corrected chi connectivity index (χ3v) is 7.82. The van der Waals surface area contributed by atoms with Crippen molar-refractivity contribution >= 4 is 59.2 Å². The van der Waals surface area contributed by atoms with Crippen LogP contribution >= 0.6 is 0 Å². The van der Waals surface area contributed by atoms with Gasteiger partial charge in [-0.05, 0) is 51.0 Å². The molecule has 0 aromatic rings. The van der Waals surface area contributed by atoms with Gasteiger partial charge in [0.15, 0.2) is 0 Å². The lowest BCUT2D eigenvalue weighted by atomic mass is 10.0. The van der Waals surface area contributed by atoms with Crippen LogP contribution in [0.4, 0.5) is 0 Å². The molecule has 0 unspecified atom stereocenters. The van der Waals surface area contributed by atoms with Crippen molar-refractivity contribution in [2.45, 2.75) is 103 Å². The molecule has 0 aromatic carbocycles. The van der Waals surface area contributed by atoms with Gasteiger partial charge in [0, 0.05) is 0 Å². The van der Waals surface area contributed by atoms with Gasteiger partial charge in [-0.1, -0.05) is 27.7 Å². The van der Waals surface area contributed by atoms with Crippen molar-refractivity contribution < 1.29 is 63.3 Å². The second-order valence-electron chi connectivity index (χ2n) is 13.6. The third-order valence-electron chi connectivity index (χ3n) is 7.82. The Morgan fingerprint density at radius 1 is 0.571 bits per heavy atom. The molecule has 23 nitrogen and oxygen atoms in total. The number of nitrogens with two attached hydrogens (primary N) is 2. The van der Waals surface area contributed by atoms with Gasteiger partial charge in [0.2, 0.25) is 47.3 Å². The van der Waals surface area contributed by atoms with Crippen LogP contribution in [0, 0.1) is 11.8 Å². The van der Waals surface area contributed by atoms with Crippen LogP contribution in [0.15, 0.2) is 0 Å². The van der Waals surface area contributed by atoms with Crippen molar-refractivity contribution in [2.75, 3.05) is 32.8 Å². The summed E-state index contributed by atoms with van der Waals surface area (Å²) in [7, 11) is 0. The van der Waals surface area contributed by atoms with Crippen molar-refractivity contribution in [1.29, 1.82) is 0 Å². The Morgan fingerprint density at radius 3 is 1.61 bits per heavy atom. The van der Waals surface area contributed by atoms with E-state index in [9.17, 15) is 63.3 Å². The average molecular weight is 803 g/mol. The molecule has 0 aromatic heterocycles. The Balaban J connectivity index is 5.47. The van der Waals surface area contributed by atoms with Crippen molar-refractivity contribution in [2.24, 2.45) is 23.3 Å². The standard InChI is InChI=1S/C33H58N10O13/c1-16(2)10-21(33(55)56)41-31(53)22(15-44)42-30(52)19(8-6-7-9-34)39-24(46)13-37-32(54)27(17(3)4)43-25(47)14-36-29(51)20(11-26(48)49)40-28(50)18(5)38-23(45)12-35/h16-22,27,44H,6-15,34-35H2,1-5H3,(H,36,51)(H,37,54)(H,38,45)(H,39,46)(H,40,50)(H,41,53)(H,42,52)(H,43,47)(H,48,49)(H,55,56)/t18-,19-,20-,21-,22-,27-/m0/s1. The van der Waals surface area contributed by atoms with Crippen LogP contribution < -0.4 is 54.0 Å². The quantitative estimate of drug-likeness (QED) is 0.0345. The van der Waals surface area contributed by atoms with Gasteiger partial charge >= 0.3 is 11.9 Å². The lowest BCUT2D eigenvalue weighted by Gasteiger charge is -2.24. The second kappa shape index (κ2) is 26.4. The zero-order chi connectivity index (χ0) is 43.1. The van der Waals surface area contributed by atoms with Gasteiger partial charge in [-0.2, -0.15) is 0 Å². The van der Waals surface area contributed by atoms with Gasteiger partial charge in [-0.3, -0.25) is 43.2 Å². The molecule has 0 heterocycles. The van der Waals surface area contributed by atoms with E-state index in [-0.39, 0.29) is 25.3 Å². The molecule has 8 amide bonds. The second-order valence-corrected chi connectivity index (χ2v) is 13.6. The molecule has 0 radical (unpaired) electrons. The highest BCUT2D eigenvalue weighted by atomic mass is 16.4. The fourth-order valence-corrected chi connectivity index (χ4v) is 4.81. The topological polar surface area (TPSA) is 380 Å². The van der Waals surface area contributed by atoms with Gasteiger partial charge in [0.25, 0.3) is 0 Å². The van der Waals surface area contributed by atoms with Gasteiger partial charge in [0.1, 0.15) is 36.3 Å². The van der Waals surface area contributed by atoms with Crippen LogP contribution in [-0.2, 0) is 47.9 Å². The minimum absolute atomic E-state index is 0.0465. The van der Waals surface area contributed by atoms with Crippen LogP contribution in [-0.4, -0.2) is 144 Å². The first-order valence-electron chi connectivity index (χ1n) is 18.0. The maximum atomic E-state index is 13.1. The molecule has 0 spiro atoms. The lowest BCUT2D eigenvalue weighted by Crippen LogP contribution is -2.58. The zero-order valence-corrected chi connectivity index (χ0v) is 32.3. The predicted molar refractivity (Wildman–Crippen MR) is 197 cm³/mol. The number of aliphatic hydroxyl groups is 1. The molecule has 0 aliphatic rings. The summed E-state index contributed by atoms with van der Waals surface area (Å²) in [5, 5.41) is 46.7. The van der Waals surface area contributed by atoms with E-state index in [0.29, 0.717) is 12.8 Å². The number of carbonyl (C=O) groups excluding carboxylic acids is 8. The van der Waals surface area contributed by atoms with E-state index in [1.807, 2.05) is 0 Å². The van der Waals surface area contributed by atoms with Crippen molar-refractivity contribution in [1.82, 2.24) is 42.5 Å². The van der Waals surface area contributed by atoms with E-state index in [2.05, 4.69) is 42.5 Å². The first-order valence-corrected chi connectivity index (χ1v) is 18.0. The molecule has 6 atom stereocenters. The van der Waals surface area contributed by atoms with Gasteiger partial charge < -0.3 is 69.3 Å². The number of amides is 8. The van der Waals surface area contributed by atoms with Gasteiger partial charge in [0.05, 0.1) is 32.7 Å². The molecule has 56 heavy (non-hydrogen) atoms. The lowest BCUT2D eigenvalue weighted by molar-refractivity contribution is -0.143. The highest BCUT2D eigenvalue weighted by molar-refractivity contribution is 5.97. The number of hydrogen-bond acceptors (Lipinski definition) is 13. The number of nitrogens with one attached hydrogen (secondary N) is 8. The first-order chi connectivity index (χ1) is 26.2. The summed E-state index contributed by atoms with van der Waals surface area (Å²) in [5.41, 5.74) is 10.7. The number of aliphatic carboxylic acids is 2. The minimum Gasteiger partial charge on any atom is -0.481 e. The Morgan fingerprint density at radius 2 is 1.11 bits per heavy atom. The molecule has 0 fully saturated rings. The largest absolute Gasteiger partial charge is 0.481 e. The van der Waals surface area contributed by atoms with Crippen LogP contribution in [0.25, 0.3) is 0 Å². The van der Waals surface area contributed by atoms with E-state index >= 15 is 0 Å². The molecule has 0 aliphatic heterocycles. The number of carboxylic acid groups (broad SMARTS) is 2. The number of hydrogen-bond donors (Lipinski definition) is 13. The molecular weight excluding hydrogens is 744 g/mol. The van der Waals surface area contributed by atoms with Gasteiger partial charge in [-0.25, -0.2) is 4.79 Å². The molecule has 0 aliphatic carbocycles. The van der Waals surface area contributed by atoms with E-state index in [4.69, 9.17) is 11.5 Å². The molecule has 0 bridgehead atoms. The maximum absolute atomic E-state index is 13.1. The molecule has 0 saturated heterocycles. The van der Waals surface area contributed by atoms with Crippen molar-refractivity contribution in [3.63, 3.8) is 0 Å². The highest BCUT2D eigenvalue weighted by Crippen LogP contribution is 2.07. The molecular formula is C33H58N10O13. The van der Waals surface area contributed by atoms with Gasteiger partial charge in [-0.15, -0.1) is 0 Å². The fourth-order valence-electron chi connectivity index (χ4n) is 4.81. The molecule has 15 N–H and O–H groups in total. The summed E-state index contributed by atoms with van der Waals surface area (Å²) in [6.45, 7) is 5.46. The van der Waals surface area contributed by atoms with Crippen molar-refractivity contribution in [3.05, 3.63) is 0 Å². The molecule has 318 valence electrons. The Kier molecular flexibility index (Phi) is 23.8. The normalized spacial score (nSPS) is 14.1. The van der Waals surface area contributed by atoms with E-state index in [0.717, 1.165) is 0 Å². The molecule has 23 heteroatoms. The molecule has 0 saturated carbocycles. The number of unbranched alkanes of at least 4 members (excludes halogenated alkanes) is 1. The number of aliphatic hydroxyl groups excluding tert-OH is 1. The van der Waals surface area contributed by atoms with E-state index in [1.54, 1.807) is 27.7 Å². The summed E-state index contributed by atoms with van der Waals surface area (Å²) in [5.74, 6) is -10.4. The fraction of sp³-hybridized carbons (Fsp3) is 0.697. The molecule has 0 rings (SSSR count). The summed E-state index contributed by atoms with van der Waals surface area (Å²) >= 11 is 0. The van der Waals surface area contributed by atoms with Crippen LogP contribution in [0.2, 0.25) is 0 Å². The number of carbonyl (C=O) groups is 10. The summed E-state index contributed by atoms with van der Waals surface area (Å²) in [6, 6.07) is -8.14. The first kappa shape index (κ1) is 50.6. The predicted octanol–water partition coefficient (Wildman–Crippen LogP) is -5.51. The maximum Gasteiger partial charge on any atom is 0.326 e. The van der Waals surface area contributed by atoms with E-state index in [1.165, 1.54) is 6.92 Å². The monoisotopic (exact) mass is 802 g/mol. The third kappa shape index (κ3) is 20.3. The zero-order valence-electron chi connectivity index (χ0n) is 32.3. The number of carboxylic acids is 2. The Hall–Kier alpha value is -5.42. The average Bonchev–Trinajstić information content (AvgIpc) is 3.12. The van der Waals surface area contributed by atoms with E-state index < -0.39 is 134 Å². The summed E-state index contributed by atoms with van der Waals surface area (Å²) in [4.78, 5) is 124. The van der Waals surface area contributed by atoms with Crippen LogP contribution in [0.1, 0.15) is 66.7 Å². The summed E-state index contributed by atoms with van der Waals surface area (Å²) in [6.07, 6.45) is 0.0959. The SMILES string of the molecule is CC(C)C[C@H](NC(=O)[C@H](CO)NC(=O)[C@H](CCCCN)NC(=O)CNC(=O)[C@@H](NC(=O)CNC(=O)[C@H](CC(=O)O)NC(=O)[C@H](C)NC(=O)CN)C(C)C)C(=O)O. The Labute approximate surface area is 323 Å². The Bertz CT molecular complexity index is 1390. The smallest absolute Gasteiger partial charge is 0.326 e. The highest BCUT2D eigenvalue weighted by Gasteiger charge is 2.31. The summed E-state index contributed by atoms with van der Waals surface area (Å²) < 4.78 is 0.